The summed E-state index contributed by atoms with van der Waals surface area (Å²) >= 11 is 1.49. The Labute approximate surface area is 97.7 Å². The monoisotopic (exact) mass is 234 g/mol. The van der Waals surface area contributed by atoms with Crippen LogP contribution < -0.4 is 5.73 Å². The van der Waals surface area contributed by atoms with Crippen LogP contribution in [0, 0.1) is 12.7 Å². The molecule has 1 heterocycles. The van der Waals surface area contributed by atoms with Gasteiger partial charge in [-0.1, -0.05) is 11.8 Å². The van der Waals surface area contributed by atoms with E-state index < -0.39 is 0 Å². The molecule has 0 fully saturated rings. The quantitative estimate of drug-likeness (QED) is 0.866. The predicted molar refractivity (Wildman–Crippen MR) is 63.9 cm³/mol. The molecule has 0 saturated heterocycles. The van der Waals surface area contributed by atoms with Crippen LogP contribution in [0.3, 0.4) is 0 Å². The minimum atomic E-state index is -0.231. The van der Waals surface area contributed by atoms with Crippen LogP contribution in [0.1, 0.15) is 5.69 Å². The van der Waals surface area contributed by atoms with Gasteiger partial charge in [0.1, 0.15) is 10.8 Å². The molecule has 0 bridgehead atoms. The second-order valence-electron chi connectivity index (χ2n) is 3.38. The van der Waals surface area contributed by atoms with E-state index in [1.54, 1.807) is 12.1 Å². The van der Waals surface area contributed by atoms with E-state index in [9.17, 15) is 4.39 Å². The van der Waals surface area contributed by atoms with Crippen LogP contribution in [-0.2, 0) is 0 Å². The maximum atomic E-state index is 12.7. The van der Waals surface area contributed by atoms with Crippen LogP contribution in [0.2, 0.25) is 0 Å². The summed E-state index contributed by atoms with van der Waals surface area (Å²) in [6.45, 7) is 1.87. The Morgan fingerprint density at radius 3 is 2.44 bits per heavy atom. The lowest BCUT2D eigenvalue weighted by atomic mass is 10.3. The van der Waals surface area contributed by atoms with E-state index in [0.29, 0.717) is 5.69 Å². The molecule has 0 unspecified atom stereocenters. The Hall–Kier alpha value is -1.55. The number of aromatic nitrogens is 1. The average Bonchev–Trinajstić information content (AvgIpc) is 2.27. The largest absolute Gasteiger partial charge is 0.397 e. The van der Waals surface area contributed by atoms with E-state index in [1.807, 2.05) is 19.1 Å². The summed E-state index contributed by atoms with van der Waals surface area (Å²) < 4.78 is 12.7. The summed E-state index contributed by atoms with van der Waals surface area (Å²) in [6.07, 6.45) is 0. The Balaban J connectivity index is 2.20. The number of benzene rings is 1. The van der Waals surface area contributed by atoms with Crippen LogP contribution in [0.4, 0.5) is 10.1 Å². The van der Waals surface area contributed by atoms with Crippen molar-refractivity contribution in [2.75, 3.05) is 5.73 Å². The molecule has 82 valence electrons. The maximum Gasteiger partial charge on any atom is 0.123 e. The molecule has 0 spiro atoms. The third-order valence-electron chi connectivity index (χ3n) is 2.14. The van der Waals surface area contributed by atoms with Crippen molar-refractivity contribution in [1.82, 2.24) is 4.98 Å². The number of halogens is 1. The number of aryl methyl sites for hydroxylation is 1. The average molecular weight is 234 g/mol. The standard InChI is InChI=1S/C12H11FN2S/c1-8-11(14)6-7-12(15-8)16-10-4-2-9(13)3-5-10/h2-7H,14H2,1H3. The molecule has 0 radical (unpaired) electrons. The van der Waals surface area contributed by atoms with E-state index in [4.69, 9.17) is 5.73 Å². The molecule has 2 rings (SSSR count). The summed E-state index contributed by atoms with van der Waals surface area (Å²) in [5.41, 5.74) is 7.18. The van der Waals surface area contributed by atoms with Crippen molar-refractivity contribution >= 4 is 17.4 Å². The van der Waals surface area contributed by atoms with Gasteiger partial charge in [-0.25, -0.2) is 9.37 Å². The van der Waals surface area contributed by atoms with Crippen molar-refractivity contribution in [3.63, 3.8) is 0 Å². The van der Waals surface area contributed by atoms with E-state index in [1.165, 1.54) is 23.9 Å². The highest BCUT2D eigenvalue weighted by Gasteiger charge is 2.01. The van der Waals surface area contributed by atoms with Gasteiger partial charge in [-0.05, 0) is 43.3 Å². The lowest BCUT2D eigenvalue weighted by Gasteiger charge is -2.03. The molecule has 0 aliphatic heterocycles. The van der Waals surface area contributed by atoms with E-state index >= 15 is 0 Å². The molecule has 2 aromatic rings. The zero-order valence-corrected chi connectivity index (χ0v) is 9.59. The van der Waals surface area contributed by atoms with Crippen molar-refractivity contribution in [3.8, 4) is 0 Å². The molecular formula is C12H11FN2S. The van der Waals surface area contributed by atoms with Gasteiger partial charge in [-0.15, -0.1) is 0 Å². The third-order valence-corrected chi connectivity index (χ3v) is 3.08. The molecule has 0 saturated carbocycles. The lowest BCUT2D eigenvalue weighted by Crippen LogP contribution is -1.93. The van der Waals surface area contributed by atoms with Crippen LogP contribution in [0.15, 0.2) is 46.3 Å². The van der Waals surface area contributed by atoms with Gasteiger partial charge < -0.3 is 5.73 Å². The third kappa shape index (κ3) is 2.52. The van der Waals surface area contributed by atoms with Gasteiger partial charge in [-0.3, -0.25) is 0 Å². The number of hydrogen-bond donors (Lipinski definition) is 1. The number of nitrogens with two attached hydrogens (primary N) is 1. The van der Waals surface area contributed by atoms with E-state index in [-0.39, 0.29) is 5.82 Å². The van der Waals surface area contributed by atoms with Gasteiger partial charge in [0.15, 0.2) is 0 Å². The fourth-order valence-electron chi connectivity index (χ4n) is 1.23. The molecule has 0 atom stereocenters. The first kappa shape index (κ1) is 11.0. The smallest absolute Gasteiger partial charge is 0.123 e. The van der Waals surface area contributed by atoms with Crippen molar-refractivity contribution in [2.24, 2.45) is 0 Å². The van der Waals surface area contributed by atoms with Crippen molar-refractivity contribution in [3.05, 3.63) is 47.9 Å². The molecule has 4 heteroatoms. The normalized spacial score (nSPS) is 10.4. The molecule has 1 aromatic heterocycles. The van der Waals surface area contributed by atoms with Crippen LogP contribution in [0.25, 0.3) is 0 Å². The summed E-state index contributed by atoms with van der Waals surface area (Å²) in [5, 5.41) is 0.860. The van der Waals surface area contributed by atoms with E-state index in [2.05, 4.69) is 4.98 Å². The first-order chi connectivity index (χ1) is 7.65. The Bertz CT molecular complexity index is 497. The molecule has 2 nitrogen and oxygen atoms in total. The minimum absolute atomic E-state index is 0.231. The fourth-order valence-corrected chi connectivity index (χ4v) is 2.06. The van der Waals surface area contributed by atoms with Crippen molar-refractivity contribution in [1.29, 1.82) is 0 Å². The van der Waals surface area contributed by atoms with Crippen LogP contribution in [-0.4, -0.2) is 4.98 Å². The summed E-state index contributed by atoms with van der Waals surface area (Å²) in [6, 6.07) is 10.0. The second-order valence-corrected chi connectivity index (χ2v) is 4.47. The van der Waals surface area contributed by atoms with Crippen molar-refractivity contribution < 1.29 is 4.39 Å². The lowest BCUT2D eigenvalue weighted by molar-refractivity contribution is 0.626. The highest BCUT2D eigenvalue weighted by molar-refractivity contribution is 7.99. The number of hydrogen-bond acceptors (Lipinski definition) is 3. The Morgan fingerprint density at radius 1 is 1.12 bits per heavy atom. The molecular weight excluding hydrogens is 223 g/mol. The molecule has 2 N–H and O–H groups in total. The number of nitrogens with zero attached hydrogens (tertiary/aromatic N) is 1. The highest BCUT2D eigenvalue weighted by atomic mass is 32.2. The minimum Gasteiger partial charge on any atom is -0.397 e. The highest BCUT2D eigenvalue weighted by Crippen LogP contribution is 2.27. The maximum absolute atomic E-state index is 12.7. The van der Waals surface area contributed by atoms with E-state index in [0.717, 1.165) is 15.6 Å². The van der Waals surface area contributed by atoms with Crippen LogP contribution >= 0.6 is 11.8 Å². The van der Waals surface area contributed by atoms with Gasteiger partial charge in [0.05, 0.1) is 11.4 Å². The van der Waals surface area contributed by atoms with Gasteiger partial charge >= 0.3 is 0 Å². The fraction of sp³-hybridized carbons (Fsp3) is 0.0833. The number of pyridine rings is 1. The summed E-state index contributed by atoms with van der Waals surface area (Å²) in [7, 11) is 0. The molecule has 0 amide bonds. The number of anilines is 1. The zero-order chi connectivity index (χ0) is 11.5. The molecule has 0 aliphatic carbocycles. The number of nitrogen functional groups attached to an aromatic ring is 1. The van der Waals surface area contributed by atoms with Gasteiger partial charge in [0.25, 0.3) is 0 Å². The van der Waals surface area contributed by atoms with Gasteiger partial charge in [0, 0.05) is 4.90 Å². The van der Waals surface area contributed by atoms with Crippen molar-refractivity contribution in [2.45, 2.75) is 16.8 Å². The first-order valence-corrected chi connectivity index (χ1v) is 5.63. The SMILES string of the molecule is Cc1nc(Sc2ccc(F)cc2)ccc1N. The predicted octanol–water partition coefficient (Wildman–Crippen LogP) is 3.26. The first-order valence-electron chi connectivity index (χ1n) is 4.82. The molecule has 0 aliphatic rings. The molecule has 16 heavy (non-hydrogen) atoms. The van der Waals surface area contributed by atoms with Gasteiger partial charge in [0.2, 0.25) is 0 Å². The Morgan fingerprint density at radius 2 is 1.81 bits per heavy atom. The zero-order valence-electron chi connectivity index (χ0n) is 8.77. The summed E-state index contributed by atoms with van der Waals surface area (Å²) in [5.74, 6) is -0.231. The molecule has 1 aromatic carbocycles. The topological polar surface area (TPSA) is 38.9 Å². The van der Waals surface area contributed by atoms with Crippen LogP contribution in [0.5, 0.6) is 0 Å². The second kappa shape index (κ2) is 4.53. The number of rotatable bonds is 2. The van der Waals surface area contributed by atoms with Gasteiger partial charge in [-0.2, -0.15) is 0 Å². The summed E-state index contributed by atoms with van der Waals surface area (Å²) in [4.78, 5) is 5.29. The Kier molecular flexibility index (Phi) is 3.10.